The number of ether oxygens (including phenoxy) is 1. The molecule has 11 heteroatoms. The lowest BCUT2D eigenvalue weighted by Gasteiger charge is -2.45. The van der Waals surface area contributed by atoms with E-state index in [-0.39, 0.29) is 23.8 Å². The van der Waals surface area contributed by atoms with E-state index in [0.29, 0.717) is 62.0 Å². The van der Waals surface area contributed by atoms with Gasteiger partial charge in [-0.3, -0.25) is 19.1 Å². The number of nitrogens with zero attached hydrogens (tertiary/aromatic N) is 5. The molecule has 2 aliphatic heterocycles. The molecule has 5 aliphatic rings. The molecule has 3 heterocycles. The molecule has 7 rings (SSSR count). The van der Waals surface area contributed by atoms with Crippen LogP contribution in [0.2, 0.25) is 5.02 Å². The average molecular weight is 610 g/mol. The topological polar surface area (TPSA) is 118 Å². The molecule has 1 spiro atoms. The molecule has 43 heavy (non-hydrogen) atoms. The van der Waals surface area contributed by atoms with Crippen LogP contribution in [0.15, 0.2) is 12.1 Å². The van der Waals surface area contributed by atoms with Crippen LogP contribution < -0.4 is 4.74 Å². The number of fused-ring (bicyclic) bond motifs is 1. The number of carbonyl (C=O) groups excluding carboxylic acids is 2. The van der Waals surface area contributed by atoms with E-state index in [9.17, 15) is 19.5 Å². The van der Waals surface area contributed by atoms with Crippen molar-refractivity contribution in [2.75, 3.05) is 19.6 Å². The largest absolute Gasteiger partial charge is 0.487 e. The fourth-order valence-corrected chi connectivity index (χ4v) is 8.19. The summed E-state index contributed by atoms with van der Waals surface area (Å²) >= 11 is 6.80. The summed E-state index contributed by atoms with van der Waals surface area (Å²) in [6.45, 7) is 3.39. The Labute approximate surface area is 256 Å². The van der Waals surface area contributed by atoms with Crippen molar-refractivity contribution in [3.63, 3.8) is 0 Å². The maximum atomic E-state index is 14.5. The van der Waals surface area contributed by atoms with Crippen molar-refractivity contribution in [2.24, 2.45) is 23.8 Å². The Balaban J connectivity index is 1.25. The number of benzene rings is 1. The molecular weight excluding hydrogens is 570 g/mol. The van der Waals surface area contributed by atoms with Crippen LogP contribution in [-0.2, 0) is 34.5 Å². The highest BCUT2D eigenvalue weighted by Gasteiger charge is 2.54. The minimum Gasteiger partial charge on any atom is -0.487 e. The Kier molecular flexibility index (Phi) is 6.98. The van der Waals surface area contributed by atoms with E-state index < -0.39 is 23.3 Å². The summed E-state index contributed by atoms with van der Waals surface area (Å²) in [5.41, 5.74) is 2.60. The Morgan fingerprint density at radius 2 is 1.95 bits per heavy atom. The summed E-state index contributed by atoms with van der Waals surface area (Å²) < 4.78 is 8.32. The predicted octanol–water partition coefficient (Wildman–Crippen LogP) is 4.64. The summed E-state index contributed by atoms with van der Waals surface area (Å²) in [6.07, 6.45) is 8.06. The number of aliphatic carboxylic acids is 1. The van der Waals surface area contributed by atoms with Gasteiger partial charge in [-0.25, -0.2) is 0 Å². The molecule has 1 aromatic carbocycles. The van der Waals surface area contributed by atoms with Crippen molar-refractivity contribution in [1.82, 2.24) is 24.8 Å². The number of aromatic nitrogens is 3. The van der Waals surface area contributed by atoms with Gasteiger partial charge < -0.3 is 19.6 Å². The van der Waals surface area contributed by atoms with Gasteiger partial charge in [0, 0.05) is 49.6 Å². The van der Waals surface area contributed by atoms with Gasteiger partial charge in [0.2, 0.25) is 11.8 Å². The molecule has 1 saturated heterocycles. The van der Waals surface area contributed by atoms with Gasteiger partial charge >= 0.3 is 5.97 Å². The third-order valence-corrected chi connectivity index (χ3v) is 11.2. The normalized spacial score (nSPS) is 27.8. The molecule has 3 atom stereocenters. The van der Waals surface area contributed by atoms with Crippen LogP contribution in [0.25, 0.3) is 0 Å². The first kappa shape index (κ1) is 28.6. The number of amides is 2. The zero-order chi connectivity index (χ0) is 30.1. The van der Waals surface area contributed by atoms with Crippen LogP contribution in [-0.4, -0.2) is 67.3 Å². The molecule has 2 amide bonds. The zero-order valence-electron chi connectivity index (χ0n) is 25.0. The third-order valence-electron chi connectivity index (χ3n) is 10.9. The minimum atomic E-state index is -1.12. The van der Waals surface area contributed by atoms with Gasteiger partial charge in [0.15, 0.2) is 0 Å². The monoisotopic (exact) mass is 609 g/mol. The Hall–Kier alpha value is -3.14. The molecular formula is C32H40ClN5O5. The Morgan fingerprint density at radius 3 is 2.65 bits per heavy atom. The van der Waals surface area contributed by atoms with Crippen LogP contribution >= 0.6 is 11.6 Å². The lowest BCUT2D eigenvalue weighted by molar-refractivity contribution is -0.162. The highest BCUT2D eigenvalue weighted by Crippen LogP contribution is 2.54. The minimum absolute atomic E-state index is 0.0769. The standard InChI is InChI=1S/C32H40ClN5O5/c1-31(30(41)42)11-4-3-5-21(31)29(40)38-14-10-20-22(33)8-9-25(43-17-23-28(19-6-7-19)36(2)35-34-23)27(20)24(38)16-37-18-32(12-13-32)15-26(37)39/h8-9,19,21,24H,3-7,10-18H2,1-2H3,(H,41,42)/t21-,24+,31-/m0/s1. The van der Waals surface area contributed by atoms with E-state index in [0.717, 1.165) is 61.0 Å². The zero-order valence-corrected chi connectivity index (χ0v) is 25.7. The van der Waals surface area contributed by atoms with Gasteiger partial charge in [-0.15, -0.1) is 5.10 Å². The predicted molar refractivity (Wildman–Crippen MR) is 157 cm³/mol. The molecule has 2 aromatic rings. The molecule has 4 fully saturated rings. The summed E-state index contributed by atoms with van der Waals surface area (Å²) in [7, 11) is 1.91. The van der Waals surface area contributed by atoms with E-state index in [1.165, 1.54) is 0 Å². The summed E-state index contributed by atoms with van der Waals surface area (Å²) in [5.74, 6) is -0.518. The van der Waals surface area contributed by atoms with Gasteiger partial charge in [-0.05, 0) is 75.0 Å². The number of aryl methyl sites for hydroxylation is 1. The van der Waals surface area contributed by atoms with E-state index in [2.05, 4.69) is 10.3 Å². The van der Waals surface area contributed by atoms with Gasteiger partial charge in [0.05, 0.1) is 23.1 Å². The quantitative estimate of drug-likeness (QED) is 0.463. The molecule has 1 aromatic heterocycles. The fourth-order valence-electron chi connectivity index (χ4n) is 7.93. The smallest absolute Gasteiger partial charge is 0.310 e. The van der Waals surface area contributed by atoms with Crippen molar-refractivity contribution < 1.29 is 24.2 Å². The SMILES string of the molecule is Cn1nnc(COc2ccc(Cl)c3c2[C@@H](CN2CC4(CC4)CC2=O)N(C(=O)[C@@H]2CCCC[C@]2(C)C(=O)O)CC3)c1C1CC1. The fraction of sp³-hybridized carbons (Fsp3) is 0.656. The van der Waals surface area contributed by atoms with Gasteiger partial charge in [-0.1, -0.05) is 29.7 Å². The lowest BCUT2D eigenvalue weighted by Crippen LogP contribution is -2.52. The van der Waals surface area contributed by atoms with E-state index in [1.54, 1.807) is 6.92 Å². The molecule has 0 unspecified atom stereocenters. The lowest BCUT2D eigenvalue weighted by atomic mass is 9.66. The Bertz CT molecular complexity index is 1480. The van der Waals surface area contributed by atoms with Gasteiger partial charge in [-0.2, -0.15) is 0 Å². The molecule has 230 valence electrons. The maximum Gasteiger partial charge on any atom is 0.310 e. The highest BCUT2D eigenvalue weighted by molar-refractivity contribution is 6.31. The number of likely N-dealkylation sites (tertiary alicyclic amines) is 1. The summed E-state index contributed by atoms with van der Waals surface area (Å²) in [5, 5.41) is 19.4. The highest BCUT2D eigenvalue weighted by atomic mass is 35.5. The second kappa shape index (κ2) is 10.5. The van der Waals surface area contributed by atoms with Crippen LogP contribution in [0.3, 0.4) is 0 Å². The average Bonchev–Trinajstić information content (AvgIpc) is 3.90. The van der Waals surface area contributed by atoms with Crippen molar-refractivity contribution in [3.05, 3.63) is 39.7 Å². The first-order valence-corrected chi connectivity index (χ1v) is 16.1. The number of rotatable bonds is 8. The van der Waals surface area contributed by atoms with Crippen LogP contribution in [0, 0.1) is 16.7 Å². The second-order valence-corrected chi connectivity index (χ2v) is 14.2. The number of hydrogen-bond donors (Lipinski definition) is 1. The molecule has 0 bridgehead atoms. The van der Waals surface area contributed by atoms with Crippen LogP contribution in [0.5, 0.6) is 5.75 Å². The molecule has 3 aliphatic carbocycles. The number of carboxylic acids is 1. The molecule has 1 N–H and O–H groups in total. The maximum absolute atomic E-state index is 14.5. The van der Waals surface area contributed by atoms with Crippen LogP contribution in [0.4, 0.5) is 0 Å². The van der Waals surface area contributed by atoms with E-state index >= 15 is 0 Å². The molecule has 0 radical (unpaired) electrons. The Morgan fingerprint density at radius 1 is 1.16 bits per heavy atom. The van der Waals surface area contributed by atoms with Gasteiger partial charge in [0.1, 0.15) is 18.1 Å². The van der Waals surface area contributed by atoms with Gasteiger partial charge in [0.25, 0.3) is 0 Å². The van der Waals surface area contributed by atoms with Crippen molar-refractivity contribution >= 4 is 29.4 Å². The number of halogens is 1. The van der Waals surface area contributed by atoms with Crippen molar-refractivity contribution in [2.45, 2.75) is 89.7 Å². The van der Waals surface area contributed by atoms with Crippen molar-refractivity contribution in [1.29, 1.82) is 0 Å². The summed E-state index contributed by atoms with van der Waals surface area (Å²) in [4.78, 5) is 43.9. The molecule has 10 nitrogen and oxygen atoms in total. The number of carbonyl (C=O) groups is 3. The third kappa shape index (κ3) is 4.99. The molecule has 3 saturated carbocycles. The summed E-state index contributed by atoms with van der Waals surface area (Å²) in [6, 6.07) is 3.20. The first-order valence-electron chi connectivity index (χ1n) is 15.7. The van der Waals surface area contributed by atoms with Crippen molar-refractivity contribution in [3.8, 4) is 5.75 Å². The number of carboxylic acid groups (broad SMARTS) is 1. The first-order chi connectivity index (χ1) is 20.6. The van der Waals surface area contributed by atoms with E-state index in [1.807, 2.05) is 33.7 Å². The van der Waals surface area contributed by atoms with E-state index in [4.69, 9.17) is 16.3 Å². The number of hydrogen-bond acceptors (Lipinski definition) is 6. The second-order valence-electron chi connectivity index (χ2n) is 13.8. The van der Waals surface area contributed by atoms with Crippen LogP contribution in [0.1, 0.15) is 99.2 Å².